The van der Waals surface area contributed by atoms with E-state index in [1.807, 2.05) is 29.8 Å². The van der Waals surface area contributed by atoms with Gasteiger partial charge in [0.2, 0.25) is 0 Å². The van der Waals surface area contributed by atoms with Crippen molar-refractivity contribution in [2.75, 3.05) is 0 Å². The molecule has 0 fully saturated rings. The zero-order valence-electron chi connectivity index (χ0n) is 12.6. The Hall–Kier alpha value is -3.07. The number of nitrogens with one attached hydrogen (secondary N) is 1. The van der Waals surface area contributed by atoms with E-state index in [9.17, 15) is 9.59 Å². The van der Waals surface area contributed by atoms with Crippen LogP contribution in [0.2, 0.25) is 0 Å². The molecule has 0 spiro atoms. The standard InChI is InChI=1S/C15H12N6O2S/c1-9-8-24-15-17-6-10(14(23)21(9)15)13(22)16-7-12-19-18-11-4-2-3-5-20(11)12/h2-6,8H,7H2,1H3,(H,16,22). The molecule has 4 aromatic rings. The molecule has 0 radical (unpaired) electrons. The Morgan fingerprint density at radius 1 is 1.33 bits per heavy atom. The van der Waals surface area contributed by atoms with Crippen molar-refractivity contribution in [3.8, 4) is 0 Å². The lowest BCUT2D eigenvalue weighted by Crippen LogP contribution is -2.31. The van der Waals surface area contributed by atoms with Crippen LogP contribution >= 0.6 is 11.3 Å². The second kappa shape index (κ2) is 5.53. The molecule has 0 aliphatic rings. The lowest BCUT2D eigenvalue weighted by molar-refractivity contribution is 0.0947. The van der Waals surface area contributed by atoms with E-state index in [4.69, 9.17) is 0 Å². The molecule has 24 heavy (non-hydrogen) atoms. The molecule has 8 nitrogen and oxygen atoms in total. The van der Waals surface area contributed by atoms with Gasteiger partial charge in [0, 0.05) is 23.5 Å². The summed E-state index contributed by atoms with van der Waals surface area (Å²) in [4.78, 5) is 29.5. The van der Waals surface area contributed by atoms with Crippen LogP contribution in [0.25, 0.3) is 10.6 Å². The Morgan fingerprint density at radius 2 is 2.21 bits per heavy atom. The molecule has 0 saturated heterocycles. The van der Waals surface area contributed by atoms with Crippen LogP contribution < -0.4 is 10.9 Å². The smallest absolute Gasteiger partial charge is 0.271 e. The number of nitrogens with zero attached hydrogens (tertiary/aromatic N) is 5. The third kappa shape index (κ3) is 2.26. The van der Waals surface area contributed by atoms with E-state index in [0.717, 1.165) is 5.69 Å². The van der Waals surface area contributed by atoms with Crippen molar-refractivity contribution in [2.24, 2.45) is 0 Å². The molecule has 1 amide bonds. The van der Waals surface area contributed by atoms with Gasteiger partial charge in [0.1, 0.15) is 5.56 Å². The predicted octanol–water partition coefficient (Wildman–Crippen LogP) is 1.04. The third-order valence-electron chi connectivity index (χ3n) is 3.65. The Kier molecular flexibility index (Phi) is 3.35. The number of hydrogen-bond acceptors (Lipinski definition) is 6. The molecule has 0 aliphatic heterocycles. The van der Waals surface area contributed by atoms with Gasteiger partial charge in [-0.25, -0.2) is 4.98 Å². The summed E-state index contributed by atoms with van der Waals surface area (Å²) in [6, 6.07) is 5.53. The molecule has 4 rings (SSSR count). The molecule has 9 heteroatoms. The minimum atomic E-state index is -0.486. The van der Waals surface area contributed by atoms with Crippen LogP contribution in [0, 0.1) is 6.92 Å². The number of amides is 1. The van der Waals surface area contributed by atoms with Gasteiger partial charge in [-0.15, -0.1) is 21.5 Å². The number of pyridine rings is 1. The van der Waals surface area contributed by atoms with Crippen molar-refractivity contribution in [1.29, 1.82) is 0 Å². The maximum absolute atomic E-state index is 12.5. The van der Waals surface area contributed by atoms with Gasteiger partial charge in [0.15, 0.2) is 16.4 Å². The van der Waals surface area contributed by atoms with Crippen LogP contribution in [0.3, 0.4) is 0 Å². The fraction of sp³-hybridized carbons (Fsp3) is 0.133. The Labute approximate surface area is 139 Å². The first-order chi connectivity index (χ1) is 11.6. The number of fused-ring (bicyclic) bond motifs is 2. The minimum Gasteiger partial charge on any atom is -0.344 e. The first-order valence-electron chi connectivity index (χ1n) is 7.18. The lowest BCUT2D eigenvalue weighted by Gasteiger charge is -2.04. The molecular formula is C15H12N6O2S. The van der Waals surface area contributed by atoms with Crippen molar-refractivity contribution < 1.29 is 4.79 Å². The van der Waals surface area contributed by atoms with Crippen LogP contribution in [0.1, 0.15) is 21.9 Å². The van der Waals surface area contributed by atoms with Gasteiger partial charge in [-0.2, -0.15) is 0 Å². The highest BCUT2D eigenvalue weighted by molar-refractivity contribution is 7.15. The van der Waals surface area contributed by atoms with E-state index in [0.29, 0.717) is 16.4 Å². The molecule has 4 heterocycles. The van der Waals surface area contributed by atoms with Crippen LogP contribution in [0.5, 0.6) is 0 Å². The number of carbonyl (C=O) groups excluding carboxylic acids is 1. The summed E-state index contributed by atoms with van der Waals surface area (Å²) in [7, 11) is 0. The van der Waals surface area contributed by atoms with Gasteiger partial charge in [-0.3, -0.25) is 18.4 Å². The minimum absolute atomic E-state index is 0.00261. The second-order valence-electron chi connectivity index (χ2n) is 5.20. The highest BCUT2D eigenvalue weighted by Gasteiger charge is 2.16. The summed E-state index contributed by atoms with van der Waals surface area (Å²) in [5.41, 5.74) is 1.08. The molecule has 0 unspecified atom stereocenters. The zero-order chi connectivity index (χ0) is 16.7. The summed E-state index contributed by atoms with van der Waals surface area (Å²) >= 11 is 1.36. The average Bonchev–Trinajstić information content (AvgIpc) is 3.17. The monoisotopic (exact) mass is 340 g/mol. The van der Waals surface area contributed by atoms with Crippen molar-refractivity contribution in [3.05, 3.63) is 63.4 Å². The van der Waals surface area contributed by atoms with E-state index in [1.54, 1.807) is 11.3 Å². The van der Waals surface area contributed by atoms with Gasteiger partial charge in [0.25, 0.3) is 11.5 Å². The maximum Gasteiger partial charge on any atom is 0.271 e. The number of hydrogen-bond donors (Lipinski definition) is 1. The summed E-state index contributed by atoms with van der Waals surface area (Å²) in [6.07, 6.45) is 3.12. The molecule has 0 bridgehead atoms. The summed E-state index contributed by atoms with van der Waals surface area (Å²) in [5.74, 6) is 0.0972. The van der Waals surface area contributed by atoms with Gasteiger partial charge in [0.05, 0.1) is 6.54 Å². The number of thiazole rings is 1. The number of rotatable bonds is 3. The molecule has 1 N–H and O–H groups in total. The van der Waals surface area contributed by atoms with E-state index in [1.165, 1.54) is 21.9 Å². The fourth-order valence-electron chi connectivity index (χ4n) is 2.45. The van der Waals surface area contributed by atoms with E-state index in [-0.39, 0.29) is 17.7 Å². The van der Waals surface area contributed by atoms with Gasteiger partial charge < -0.3 is 5.32 Å². The molecular weight excluding hydrogens is 328 g/mol. The molecule has 4 aromatic heterocycles. The highest BCUT2D eigenvalue weighted by atomic mass is 32.1. The van der Waals surface area contributed by atoms with Crippen LogP contribution in [-0.2, 0) is 6.54 Å². The second-order valence-corrected chi connectivity index (χ2v) is 6.04. The van der Waals surface area contributed by atoms with Gasteiger partial charge in [-0.1, -0.05) is 6.07 Å². The zero-order valence-corrected chi connectivity index (χ0v) is 13.4. The normalized spacial score (nSPS) is 11.2. The molecule has 0 aromatic carbocycles. The fourth-order valence-corrected chi connectivity index (χ4v) is 3.27. The highest BCUT2D eigenvalue weighted by Crippen LogP contribution is 2.11. The number of aryl methyl sites for hydroxylation is 1. The summed E-state index contributed by atoms with van der Waals surface area (Å²) in [6.45, 7) is 1.96. The molecule has 0 aliphatic carbocycles. The van der Waals surface area contributed by atoms with Crippen LogP contribution in [0.4, 0.5) is 0 Å². The van der Waals surface area contributed by atoms with Crippen molar-refractivity contribution >= 4 is 27.9 Å². The third-order valence-corrected chi connectivity index (χ3v) is 4.61. The maximum atomic E-state index is 12.5. The predicted molar refractivity (Wildman–Crippen MR) is 88.2 cm³/mol. The van der Waals surface area contributed by atoms with E-state index in [2.05, 4.69) is 20.5 Å². The van der Waals surface area contributed by atoms with Crippen molar-refractivity contribution in [2.45, 2.75) is 13.5 Å². The SMILES string of the molecule is Cc1csc2ncc(C(=O)NCc3nnc4ccccn34)c(=O)n12. The van der Waals surface area contributed by atoms with Crippen molar-refractivity contribution in [3.63, 3.8) is 0 Å². The Balaban J connectivity index is 1.62. The summed E-state index contributed by atoms with van der Waals surface area (Å²) in [5, 5.41) is 12.6. The first-order valence-corrected chi connectivity index (χ1v) is 8.06. The van der Waals surface area contributed by atoms with Crippen molar-refractivity contribution in [1.82, 2.24) is 29.3 Å². The Morgan fingerprint density at radius 3 is 3.08 bits per heavy atom. The molecule has 0 saturated carbocycles. The summed E-state index contributed by atoms with van der Waals surface area (Å²) < 4.78 is 3.21. The van der Waals surface area contributed by atoms with E-state index >= 15 is 0 Å². The van der Waals surface area contributed by atoms with Gasteiger partial charge in [-0.05, 0) is 19.1 Å². The largest absolute Gasteiger partial charge is 0.344 e. The molecule has 0 atom stereocenters. The van der Waals surface area contributed by atoms with Crippen LogP contribution in [0.15, 0.2) is 40.8 Å². The lowest BCUT2D eigenvalue weighted by atomic mass is 10.3. The number of carbonyl (C=O) groups is 1. The van der Waals surface area contributed by atoms with Gasteiger partial charge >= 0.3 is 0 Å². The van der Waals surface area contributed by atoms with E-state index < -0.39 is 5.91 Å². The van der Waals surface area contributed by atoms with Crippen LogP contribution in [-0.4, -0.2) is 29.9 Å². The Bertz CT molecular complexity index is 1130. The molecule has 120 valence electrons. The average molecular weight is 340 g/mol. The quantitative estimate of drug-likeness (QED) is 0.601. The first kappa shape index (κ1) is 14.5. The topological polar surface area (TPSA) is 93.7 Å². The number of aromatic nitrogens is 5.